The zero-order valence-electron chi connectivity index (χ0n) is 8.99. The number of hydrogen-bond acceptors (Lipinski definition) is 2. The molecule has 0 aliphatic rings. The molecule has 0 bridgehead atoms. The highest BCUT2D eigenvalue weighted by molar-refractivity contribution is 7.09. The molecule has 0 spiro atoms. The number of hydrogen-bond donors (Lipinski definition) is 0. The summed E-state index contributed by atoms with van der Waals surface area (Å²) in [6.07, 6.45) is 0. The minimum absolute atomic E-state index is 0.667. The third-order valence-corrected chi connectivity index (χ3v) is 3.01. The van der Waals surface area contributed by atoms with E-state index < -0.39 is 0 Å². The predicted octanol–water partition coefficient (Wildman–Crippen LogP) is 3.94. The fraction of sp³-hybridized carbons (Fsp3) is 0.231. The summed E-state index contributed by atoms with van der Waals surface area (Å²) < 4.78 is 5.72. The van der Waals surface area contributed by atoms with E-state index in [1.165, 1.54) is 16.0 Å². The quantitative estimate of drug-likeness (QED) is 0.758. The fourth-order valence-corrected chi connectivity index (χ4v) is 2.18. The summed E-state index contributed by atoms with van der Waals surface area (Å²) >= 11 is 1.73. The molecule has 15 heavy (non-hydrogen) atoms. The van der Waals surface area contributed by atoms with E-state index in [9.17, 15) is 0 Å². The Morgan fingerprint density at radius 2 is 1.87 bits per heavy atom. The second kappa shape index (κ2) is 4.49. The van der Waals surface area contributed by atoms with Crippen LogP contribution in [0.3, 0.4) is 0 Å². The Bertz CT molecular complexity index is 412. The molecule has 2 rings (SSSR count). The maximum Gasteiger partial charge on any atom is 0.122 e. The van der Waals surface area contributed by atoms with Gasteiger partial charge >= 0.3 is 0 Å². The van der Waals surface area contributed by atoms with Crippen LogP contribution in [0.15, 0.2) is 35.7 Å². The van der Waals surface area contributed by atoms with Crippen LogP contribution >= 0.6 is 11.3 Å². The second-order valence-electron chi connectivity index (χ2n) is 3.69. The molecular formula is C13H14OS. The molecule has 0 unspecified atom stereocenters. The molecule has 0 fully saturated rings. The van der Waals surface area contributed by atoms with Crippen molar-refractivity contribution < 1.29 is 4.74 Å². The summed E-state index contributed by atoms with van der Waals surface area (Å²) in [4.78, 5) is 1.26. The van der Waals surface area contributed by atoms with Crippen molar-refractivity contribution in [1.82, 2.24) is 0 Å². The van der Waals surface area contributed by atoms with Crippen LogP contribution in [-0.4, -0.2) is 0 Å². The van der Waals surface area contributed by atoms with E-state index in [0.29, 0.717) is 6.61 Å². The van der Waals surface area contributed by atoms with Gasteiger partial charge in [-0.25, -0.2) is 0 Å². The molecular weight excluding hydrogens is 204 g/mol. The SMILES string of the molecule is Cc1cc(C)cc(OCc2cccs2)c1. The van der Waals surface area contributed by atoms with Gasteiger partial charge in [0.25, 0.3) is 0 Å². The highest BCUT2D eigenvalue weighted by atomic mass is 32.1. The minimum atomic E-state index is 0.667. The van der Waals surface area contributed by atoms with E-state index in [1.807, 2.05) is 6.07 Å². The predicted molar refractivity (Wildman–Crippen MR) is 64.6 cm³/mol. The fourth-order valence-electron chi connectivity index (χ4n) is 1.57. The molecule has 1 aromatic carbocycles. The van der Waals surface area contributed by atoms with Crippen molar-refractivity contribution in [3.05, 3.63) is 51.7 Å². The number of ether oxygens (including phenoxy) is 1. The van der Waals surface area contributed by atoms with Gasteiger partial charge in [-0.2, -0.15) is 0 Å². The zero-order chi connectivity index (χ0) is 10.7. The molecule has 0 saturated carbocycles. The van der Waals surface area contributed by atoms with Crippen LogP contribution in [0.1, 0.15) is 16.0 Å². The molecule has 0 radical (unpaired) electrons. The van der Waals surface area contributed by atoms with E-state index in [0.717, 1.165) is 5.75 Å². The molecule has 0 amide bonds. The monoisotopic (exact) mass is 218 g/mol. The van der Waals surface area contributed by atoms with Crippen LogP contribution < -0.4 is 4.74 Å². The van der Waals surface area contributed by atoms with Crippen molar-refractivity contribution >= 4 is 11.3 Å². The third kappa shape index (κ3) is 2.83. The van der Waals surface area contributed by atoms with Gasteiger partial charge in [-0.15, -0.1) is 11.3 Å². The average Bonchev–Trinajstić information content (AvgIpc) is 2.65. The van der Waals surface area contributed by atoms with Crippen LogP contribution in [0.2, 0.25) is 0 Å². The van der Waals surface area contributed by atoms with Crippen molar-refractivity contribution in [2.45, 2.75) is 20.5 Å². The Labute approximate surface area is 94.3 Å². The Kier molecular flexibility index (Phi) is 3.07. The zero-order valence-corrected chi connectivity index (χ0v) is 9.80. The minimum Gasteiger partial charge on any atom is -0.488 e. The topological polar surface area (TPSA) is 9.23 Å². The summed E-state index contributed by atoms with van der Waals surface area (Å²) in [6, 6.07) is 10.4. The summed E-state index contributed by atoms with van der Waals surface area (Å²) in [7, 11) is 0. The van der Waals surface area contributed by atoms with Crippen LogP contribution in [0, 0.1) is 13.8 Å². The highest BCUT2D eigenvalue weighted by Crippen LogP contribution is 2.18. The normalized spacial score (nSPS) is 10.3. The Balaban J connectivity index is 2.05. The van der Waals surface area contributed by atoms with Gasteiger partial charge in [0, 0.05) is 4.88 Å². The van der Waals surface area contributed by atoms with E-state index in [-0.39, 0.29) is 0 Å². The first-order valence-corrected chi connectivity index (χ1v) is 5.85. The Morgan fingerprint density at radius 3 is 2.47 bits per heavy atom. The molecule has 1 aromatic heterocycles. The lowest BCUT2D eigenvalue weighted by Gasteiger charge is -2.06. The maximum absolute atomic E-state index is 5.72. The largest absolute Gasteiger partial charge is 0.488 e. The highest BCUT2D eigenvalue weighted by Gasteiger charge is 1.98. The standard InChI is InChI=1S/C13H14OS/c1-10-6-11(2)8-12(7-10)14-9-13-4-3-5-15-13/h3-8H,9H2,1-2H3. The van der Waals surface area contributed by atoms with Crippen molar-refractivity contribution in [3.8, 4) is 5.75 Å². The van der Waals surface area contributed by atoms with Gasteiger partial charge in [-0.1, -0.05) is 12.1 Å². The molecule has 78 valence electrons. The summed E-state index contributed by atoms with van der Waals surface area (Å²) in [5.41, 5.74) is 2.49. The van der Waals surface area contributed by atoms with Gasteiger partial charge in [-0.3, -0.25) is 0 Å². The summed E-state index contributed by atoms with van der Waals surface area (Å²) in [5, 5.41) is 2.07. The van der Waals surface area contributed by atoms with Crippen molar-refractivity contribution in [3.63, 3.8) is 0 Å². The van der Waals surface area contributed by atoms with Gasteiger partial charge in [0.15, 0.2) is 0 Å². The lowest BCUT2D eigenvalue weighted by Crippen LogP contribution is -1.93. The Hall–Kier alpha value is -1.28. The van der Waals surface area contributed by atoms with E-state index in [4.69, 9.17) is 4.74 Å². The number of rotatable bonds is 3. The first-order valence-electron chi connectivity index (χ1n) is 4.97. The molecule has 0 saturated heterocycles. The van der Waals surface area contributed by atoms with Crippen LogP contribution in [0.4, 0.5) is 0 Å². The maximum atomic E-state index is 5.72. The molecule has 0 N–H and O–H groups in total. The van der Waals surface area contributed by atoms with Gasteiger partial charge in [-0.05, 0) is 48.6 Å². The van der Waals surface area contributed by atoms with Gasteiger partial charge in [0.1, 0.15) is 12.4 Å². The van der Waals surface area contributed by atoms with Gasteiger partial charge in [0.2, 0.25) is 0 Å². The number of benzene rings is 1. The molecule has 0 aliphatic heterocycles. The number of thiophene rings is 1. The van der Waals surface area contributed by atoms with Gasteiger partial charge < -0.3 is 4.74 Å². The van der Waals surface area contributed by atoms with Crippen LogP contribution in [-0.2, 0) is 6.61 Å². The second-order valence-corrected chi connectivity index (χ2v) is 4.72. The van der Waals surface area contributed by atoms with E-state index >= 15 is 0 Å². The van der Waals surface area contributed by atoms with Crippen LogP contribution in [0.5, 0.6) is 5.75 Å². The molecule has 0 aliphatic carbocycles. The molecule has 1 nitrogen and oxygen atoms in total. The first kappa shape index (κ1) is 10.2. The average molecular weight is 218 g/mol. The summed E-state index contributed by atoms with van der Waals surface area (Å²) in [5.74, 6) is 0.959. The van der Waals surface area contributed by atoms with E-state index in [2.05, 4.69) is 43.5 Å². The lowest BCUT2D eigenvalue weighted by atomic mass is 10.1. The summed E-state index contributed by atoms with van der Waals surface area (Å²) in [6.45, 7) is 4.84. The third-order valence-electron chi connectivity index (χ3n) is 2.16. The van der Waals surface area contributed by atoms with Crippen molar-refractivity contribution in [2.24, 2.45) is 0 Å². The van der Waals surface area contributed by atoms with Crippen LogP contribution in [0.25, 0.3) is 0 Å². The lowest BCUT2D eigenvalue weighted by molar-refractivity contribution is 0.309. The molecule has 2 aromatic rings. The number of aryl methyl sites for hydroxylation is 2. The van der Waals surface area contributed by atoms with Crippen molar-refractivity contribution in [1.29, 1.82) is 0 Å². The molecule has 1 heterocycles. The first-order chi connectivity index (χ1) is 7.24. The molecule has 0 atom stereocenters. The van der Waals surface area contributed by atoms with Crippen molar-refractivity contribution in [2.75, 3.05) is 0 Å². The van der Waals surface area contributed by atoms with E-state index in [1.54, 1.807) is 11.3 Å². The molecule has 2 heteroatoms. The smallest absolute Gasteiger partial charge is 0.122 e. The van der Waals surface area contributed by atoms with Gasteiger partial charge in [0.05, 0.1) is 0 Å². The Morgan fingerprint density at radius 1 is 1.13 bits per heavy atom.